The van der Waals surface area contributed by atoms with Gasteiger partial charge in [0.2, 0.25) is 0 Å². The molecule has 25 heavy (non-hydrogen) atoms. The van der Waals surface area contributed by atoms with Crippen molar-refractivity contribution in [3.8, 4) is 0 Å². The van der Waals surface area contributed by atoms with E-state index in [0.717, 1.165) is 24.0 Å². The summed E-state index contributed by atoms with van der Waals surface area (Å²) in [6.07, 6.45) is 5.54. The summed E-state index contributed by atoms with van der Waals surface area (Å²) in [5, 5.41) is 0. The van der Waals surface area contributed by atoms with Gasteiger partial charge in [-0.15, -0.1) is 0 Å². The number of likely N-dealkylation sites (tertiary alicyclic amines) is 2. The molecule has 4 nitrogen and oxygen atoms in total. The molecule has 0 atom stereocenters. The van der Waals surface area contributed by atoms with Gasteiger partial charge in [-0.3, -0.25) is 9.80 Å². The molecule has 3 saturated heterocycles. The van der Waals surface area contributed by atoms with Gasteiger partial charge in [0.25, 0.3) is 0 Å². The zero-order chi connectivity index (χ0) is 17.8. The first kappa shape index (κ1) is 19.6. The molecule has 0 unspecified atom stereocenters. The van der Waals surface area contributed by atoms with Crippen LogP contribution in [0.25, 0.3) is 0 Å². The van der Waals surface area contributed by atoms with Crippen LogP contribution in [0.4, 0.5) is 0 Å². The highest BCUT2D eigenvalue weighted by Gasteiger charge is 2.31. The molecular formula is C21H42N4. The predicted octanol–water partition coefficient (Wildman–Crippen LogP) is 2.60. The summed E-state index contributed by atoms with van der Waals surface area (Å²) in [6, 6.07) is 2.43. The summed E-state index contributed by atoms with van der Waals surface area (Å²) in [5.74, 6) is 0.808. The minimum atomic E-state index is 0.722. The van der Waals surface area contributed by atoms with Crippen molar-refractivity contribution < 1.29 is 0 Å². The minimum absolute atomic E-state index is 0.722. The maximum atomic E-state index is 2.81. The van der Waals surface area contributed by atoms with Crippen molar-refractivity contribution in [2.45, 2.75) is 71.5 Å². The van der Waals surface area contributed by atoms with Crippen molar-refractivity contribution in [2.24, 2.45) is 5.92 Å². The average molecular weight is 351 g/mol. The third-order valence-electron chi connectivity index (χ3n) is 6.79. The van der Waals surface area contributed by atoms with Gasteiger partial charge in [0, 0.05) is 50.8 Å². The van der Waals surface area contributed by atoms with Crippen molar-refractivity contribution in [3.63, 3.8) is 0 Å². The molecule has 0 N–H and O–H groups in total. The summed E-state index contributed by atoms with van der Waals surface area (Å²) < 4.78 is 0. The Kier molecular flexibility index (Phi) is 7.18. The SMILES string of the molecule is CC(C)CN1CCC(N2CCN(C3CCN(C(C)C)CC3)CC2)CC1. The first-order valence-corrected chi connectivity index (χ1v) is 11.0. The molecule has 0 aromatic rings. The van der Waals surface area contributed by atoms with Gasteiger partial charge in [0.05, 0.1) is 0 Å². The van der Waals surface area contributed by atoms with Crippen LogP contribution in [-0.4, -0.2) is 96.6 Å². The number of hydrogen-bond acceptors (Lipinski definition) is 4. The normalized spacial score (nSPS) is 27.6. The molecule has 4 heteroatoms. The lowest BCUT2D eigenvalue weighted by Gasteiger charge is -2.46. The third kappa shape index (κ3) is 5.41. The molecule has 3 fully saturated rings. The van der Waals surface area contributed by atoms with Crippen LogP contribution in [0.2, 0.25) is 0 Å². The molecule has 3 rings (SSSR count). The summed E-state index contributed by atoms with van der Waals surface area (Å²) >= 11 is 0. The van der Waals surface area contributed by atoms with Gasteiger partial charge in [-0.05, 0) is 71.6 Å². The first-order valence-electron chi connectivity index (χ1n) is 11.0. The van der Waals surface area contributed by atoms with Gasteiger partial charge < -0.3 is 9.80 Å². The van der Waals surface area contributed by atoms with E-state index < -0.39 is 0 Å². The van der Waals surface area contributed by atoms with Crippen molar-refractivity contribution in [1.29, 1.82) is 0 Å². The quantitative estimate of drug-likeness (QED) is 0.755. The van der Waals surface area contributed by atoms with Gasteiger partial charge in [0.1, 0.15) is 0 Å². The van der Waals surface area contributed by atoms with Crippen LogP contribution in [0.1, 0.15) is 53.4 Å². The van der Waals surface area contributed by atoms with Crippen molar-refractivity contribution in [3.05, 3.63) is 0 Å². The van der Waals surface area contributed by atoms with Gasteiger partial charge in [-0.2, -0.15) is 0 Å². The maximum Gasteiger partial charge on any atom is 0.0121 e. The number of piperazine rings is 1. The second kappa shape index (κ2) is 9.16. The molecule has 3 aliphatic rings. The summed E-state index contributed by atoms with van der Waals surface area (Å²) in [5.41, 5.74) is 0. The van der Waals surface area contributed by atoms with Gasteiger partial charge in [0.15, 0.2) is 0 Å². The van der Waals surface area contributed by atoms with E-state index in [1.807, 2.05) is 0 Å². The number of hydrogen-bond donors (Lipinski definition) is 0. The van der Waals surface area contributed by atoms with E-state index in [2.05, 4.69) is 47.3 Å². The highest BCUT2D eigenvalue weighted by molar-refractivity contribution is 4.87. The van der Waals surface area contributed by atoms with Gasteiger partial charge >= 0.3 is 0 Å². The lowest BCUT2D eigenvalue weighted by molar-refractivity contribution is 0.0217. The number of piperidine rings is 2. The van der Waals surface area contributed by atoms with Crippen LogP contribution >= 0.6 is 0 Å². The zero-order valence-corrected chi connectivity index (χ0v) is 17.3. The van der Waals surface area contributed by atoms with Gasteiger partial charge in [-0.1, -0.05) is 13.8 Å². The van der Waals surface area contributed by atoms with Crippen LogP contribution in [-0.2, 0) is 0 Å². The maximum absolute atomic E-state index is 2.81. The largest absolute Gasteiger partial charge is 0.303 e. The highest BCUT2D eigenvalue weighted by atomic mass is 15.3. The lowest BCUT2D eigenvalue weighted by atomic mass is 9.99. The van der Waals surface area contributed by atoms with Crippen LogP contribution < -0.4 is 0 Å². The molecule has 3 aliphatic heterocycles. The van der Waals surface area contributed by atoms with E-state index in [1.54, 1.807) is 0 Å². The monoisotopic (exact) mass is 350 g/mol. The Hall–Kier alpha value is -0.160. The second-order valence-electron chi connectivity index (χ2n) is 9.36. The molecular weight excluding hydrogens is 308 g/mol. The molecule has 0 radical (unpaired) electrons. The Morgan fingerprint density at radius 3 is 1.48 bits per heavy atom. The minimum Gasteiger partial charge on any atom is -0.303 e. The molecule has 0 spiro atoms. The standard InChI is InChI=1S/C21H42N4/c1-18(2)17-22-9-5-20(6-10-22)24-13-15-25(16-14-24)21-7-11-23(12-8-21)19(3)4/h18-21H,5-17H2,1-4H3. The second-order valence-corrected chi connectivity index (χ2v) is 9.36. The topological polar surface area (TPSA) is 13.0 Å². The Labute approximate surface area is 156 Å². The molecule has 146 valence electrons. The Morgan fingerprint density at radius 1 is 0.640 bits per heavy atom. The lowest BCUT2D eigenvalue weighted by Crippen LogP contribution is -2.57. The fraction of sp³-hybridized carbons (Fsp3) is 1.00. The molecule has 0 amide bonds. The summed E-state index contributed by atoms with van der Waals surface area (Å²) in [6.45, 7) is 21.1. The highest BCUT2D eigenvalue weighted by Crippen LogP contribution is 2.23. The fourth-order valence-electron chi connectivity index (χ4n) is 5.22. The van der Waals surface area contributed by atoms with Crippen LogP contribution in [0.15, 0.2) is 0 Å². The predicted molar refractivity (Wildman–Crippen MR) is 107 cm³/mol. The fourth-order valence-corrected chi connectivity index (χ4v) is 5.22. The average Bonchev–Trinajstić information content (AvgIpc) is 2.62. The molecule has 0 saturated carbocycles. The zero-order valence-electron chi connectivity index (χ0n) is 17.3. The molecule has 0 aliphatic carbocycles. The van der Waals surface area contributed by atoms with E-state index >= 15 is 0 Å². The van der Waals surface area contributed by atoms with E-state index in [-0.39, 0.29) is 0 Å². The Morgan fingerprint density at radius 2 is 1.08 bits per heavy atom. The Bertz CT molecular complexity index is 373. The van der Waals surface area contributed by atoms with E-state index in [4.69, 9.17) is 0 Å². The molecule has 3 heterocycles. The van der Waals surface area contributed by atoms with Crippen molar-refractivity contribution in [2.75, 3.05) is 58.9 Å². The summed E-state index contributed by atoms with van der Waals surface area (Å²) in [4.78, 5) is 11.0. The summed E-state index contributed by atoms with van der Waals surface area (Å²) in [7, 11) is 0. The smallest absolute Gasteiger partial charge is 0.0121 e. The van der Waals surface area contributed by atoms with Crippen LogP contribution in [0.3, 0.4) is 0 Å². The number of rotatable bonds is 5. The molecule has 0 aromatic carbocycles. The molecule has 0 aromatic heterocycles. The van der Waals surface area contributed by atoms with E-state index in [1.165, 1.54) is 84.6 Å². The van der Waals surface area contributed by atoms with Crippen molar-refractivity contribution >= 4 is 0 Å². The van der Waals surface area contributed by atoms with E-state index in [9.17, 15) is 0 Å². The third-order valence-corrected chi connectivity index (χ3v) is 6.79. The first-order chi connectivity index (χ1) is 12.0. The van der Waals surface area contributed by atoms with E-state index in [0.29, 0.717) is 0 Å². The number of nitrogens with zero attached hydrogens (tertiary/aromatic N) is 4. The van der Waals surface area contributed by atoms with Gasteiger partial charge in [-0.25, -0.2) is 0 Å². The van der Waals surface area contributed by atoms with Crippen molar-refractivity contribution in [1.82, 2.24) is 19.6 Å². The van der Waals surface area contributed by atoms with Crippen LogP contribution in [0.5, 0.6) is 0 Å². The van der Waals surface area contributed by atoms with Crippen LogP contribution in [0, 0.1) is 5.92 Å². The molecule has 0 bridgehead atoms. The Balaban J connectivity index is 1.37.